The van der Waals surface area contributed by atoms with Gasteiger partial charge in [0.2, 0.25) is 5.89 Å². The van der Waals surface area contributed by atoms with Crippen LogP contribution in [0, 0.1) is 6.92 Å². The van der Waals surface area contributed by atoms with Crippen molar-refractivity contribution in [2.24, 2.45) is 0 Å². The van der Waals surface area contributed by atoms with E-state index in [0.29, 0.717) is 5.89 Å². The molecule has 0 radical (unpaired) electrons. The monoisotopic (exact) mass is 224 g/mol. The lowest BCUT2D eigenvalue weighted by Gasteiger charge is -2.03. The number of nitrogens with two attached hydrogens (primary N) is 1. The van der Waals surface area contributed by atoms with Crippen LogP contribution in [-0.2, 0) is 0 Å². The summed E-state index contributed by atoms with van der Waals surface area (Å²) in [6.07, 6.45) is 0. The van der Waals surface area contributed by atoms with Gasteiger partial charge >= 0.3 is 0 Å². The predicted octanol–water partition coefficient (Wildman–Crippen LogP) is 3.39. The lowest BCUT2D eigenvalue weighted by atomic mass is 10.1. The summed E-state index contributed by atoms with van der Waals surface area (Å²) in [5, 5.41) is 0. The molecule has 3 heteroatoms. The zero-order valence-corrected chi connectivity index (χ0v) is 9.47. The Balaban J connectivity index is 2.24. The maximum atomic E-state index is 5.88. The van der Waals surface area contributed by atoms with Crippen molar-refractivity contribution < 1.29 is 4.42 Å². The van der Waals surface area contributed by atoms with Crippen LogP contribution in [0.5, 0.6) is 0 Å². The number of hydrogen-bond donors (Lipinski definition) is 1. The zero-order chi connectivity index (χ0) is 11.8. The van der Waals surface area contributed by atoms with E-state index in [-0.39, 0.29) is 0 Å². The lowest BCUT2D eigenvalue weighted by molar-refractivity contribution is 0.619. The summed E-state index contributed by atoms with van der Waals surface area (Å²) in [5.74, 6) is 0.621. The second-order valence-corrected chi connectivity index (χ2v) is 4.01. The van der Waals surface area contributed by atoms with E-state index in [1.54, 1.807) is 0 Å². The molecular formula is C14H12N2O. The second-order valence-electron chi connectivity index (χ2n) is 4.01. The fraction of sp³-hybridized carbons (Fsp3) is 0.0714. The first-order valence-electron chi connectivity index (χ1n) is 5.47. The van der Waals surface area contributed by atoms with Gasteiger partial charge in [-0.2, -0.15) is 0 Å². The highest BCUT2D eigenvalue weighted by Crippen LogP contribution is 2.28. The quantitative estimate of drug-likeness (QED) is 0.644. The molecule has 1 aromatic heterocycles. The van der Waals surface area contributed by atoms with Gasteiger partial charge in [-0.25, -0.2) is 4.98 Å². The molecule has 2 aromatic carbocycles. The summed E-state index contributed by atoms with van der Waals surface area (Å²) in [4.78, 5) is 4.46. The molecule has 3 nitrogen and oxygen atoms in total. The van der Waals surface area contributed by atoms with Gasteiger partial charge in [0.05, 0.1) is 0 Å². The molecular weight excluding hydrogens is 212 g/mol. The normalized spacial score (nSPS) is 10.9. The van der Waals surface area contributed by atoms with E-state index < -0.39 is 0 Å². The zero-order valence-electron chi connectivity index (χ0n) is 9.47. The van der Waals surface area contributed by atoms with Gasteiger partial charge in [0.1, 0.15) is 5.52 Å². The highest BCUT2D eigenvalue weighted by atomic mass is 16.3. The topological polar surface area (TPSA) is 52.0 Å². The number of aromatic nitrogens is 1. The molecule has 0 aliphatic heterocycles. The molecule has 0 unspecified atom stereocenters. The molecule has 0 aliphatic carbocycles. The van der Waals surface area contributed by atoms with Crippen molar-refractivity contribution in [2.45, 2.75) is 6.92 Å². The number of benzene rings is 2. The predicted molar refractivity (Wildman–Crippen MR) is 68.6 cm³/mol. The molecule has 1 heterocycles. The summed E-state index contributed by atoms with van der Waals surface area (Å²) in [6.45, 7) is 1.97. The summed E-state index contributed by atoms with van der Waals surface area (Å²) in [7, 11) is 0. The maximum Gasteiger partial charge on any atom is 0.227 e. The van der Waals surface area contributed by atoms with Crippen molar-refractivity contribution in [3.8, 4) is 11.5 Å². The minimum absolute atomic E-state index is 0.621. The fourth-order valence-corrected chi connectivity index (χ4v) is 1.87. The number of oxazole rings is 1. The Morgan fingerprint density at radius 1 is 1.06 bits per heavy atom. The van der Waals surface area contributed by atoms with Crippen molar-refractivity contribution in [3.63, 3.8) is 0 Å². The van der Waals surface area contributed by atoms with Gasteiger partial charge in [0, 0.05) is 11.3 Å². The van der Waals surface area contributed by atoms with Crippen LogP contribution in [0.2, 0.25) is 0 Å². The van der Waals surface area contributed by atoms with Crippen molar-refractivity contribution >= 4 is 16.8 Å². The number of nitrogens with zero attached hydrogens (tertiary/aromatic N) is 1. The van der Waals surface area contributed by atoms with E-state index in [0.717, 1.165) is 27.9 Å². The average Bonchev–Trinajstić information content (AvgIpc) is 2.76. The highest BCUT2D eigenvalue weighted by molar-refractivity contribution is 5.77. The number of para-hydroxylation sites is 2. The third kappa shape index (κ3) is 1.56. The number of hydrogen-bond acceptors (Lipinski definition) is 3. The second kappa shape index (κ2) is 3.63. The Morgan fingerprint density at radius 3 is 2.71 bits per heavy atom. The van der Waals surface area contributed by atoms with Crippen molar-refractivity contribution in [3.05, 3.63) is 48.0 Å². The van der Waals surface area contributed by atoms with Gasteiger partial charge in [-0.1, -0.05) is 18.2 Å². The van der Waals surface area contributed by atoms with E-state index >= 15 is 0 Å². The first kappa shape index (κ1) is 9.90. The first-order chi connectivity index (χ1) is 8.25. The number of rotatable bonds is 1. The Hall–Kier alpha value is -2.29. The van der Waals surface area contributed by atoms with Crippen LogP contribution in [0.4, 0.5) is 5.69 Å². The van der Waals surface area contributed by atoms with Crippen molar-refractivity contribution in [1.29, 1.82) is 0 Å². The smallest absolute Gasteiger partial charge is 0.227 e. The molecule has 3 aromatic rings. The molecule has 84 valence electrons. The molecule has 0 atom stereocenters. The van der Waals surface area contributed by atoms with E-state index in [9.17, 15) is 0 Å². The van der Waals surface area contributed by atoms with E-state index in [2.05, 4.69) is 4.98 Å². The summed E-state index contributed by atoms with van der Waals surface area (Å²) in [6, 6.07) is 13.5. The van der Waals surface area contributed by atoms with Gasteiger partial charge in [0.15, 0.2) is 5.58 Å². The van der Waals surface area contributed by atoms with Crippen LogP contribution in [0.15, 0.2) is 46.9 Å². The molecule has 0 bridgehead atoms. The van der Waals surface area contributed by atoms with Gasteiger partial charge in [0.25, 0.3) is 0 Å². The third-order valence-corrected chi connectivity index (χ3v) is 2.90. The highest BCUT2D eigenvalue weighted by Gasteiger charge is 2.10. The molecule has 0 amide bonds. The van der Waals surface area contributed by atoms with Crippen LogP contribution in [0.25, 0.3) is 22.6 Å². The van der Waals surface area contributed by atoms with Crippen molar-refractivity contribution in [1.82, 2.24) is 4.98 Å². The maximum absolute atomic E-state index is 5.88. The van der Waals surface area contributed by atoms with Crippen LogP contribution >= 0.6 is 0 Å². The first-order valence-corrected chi connectivity index (χ1v) is 5.47. The molecule has 2 N–H and O–H groups in total. The van der Waals surface area contributed by atoms with Gasteiger partial charge < -0.3 is 10.2 Å². The van der Waals surface area contributed by atoms with Crippen LogP contribution in [0.3, 0.4) is 0 Å². The molecule has 0 saturated carbocycles. The Bertz CT molecular complexity index is 653. The fourth-order valence-electron chi connectivity index (χ4n) is 1.87. The van der Waals surface area contributed by atoms with Gasteiger partial charge in [-0.3, -0.25) is 0 Å². The van der Waals surface area contributed by atoms with Gasteiger partial charge in [-0.05, 0) is 36.8 Å². The molecule has 0 saturated heterocycles. The Morgan fingerprint density at radius 2 is 1.88 bits per heavy atom. The SMILES string of the molecule is Cc1c(N)cccc1-c1nc2ccccc2o1. The van der Waals surface area contributed by atoms with E-state index in [1.165, 1.54) is 0 Å². The summed E-state index contributed by atoms with van der Waals surface area (Å²) < 4.78 is 5.72. The number of fused-ring (bicyclic) bond motifs is 1. The number of anilines is 1. The van der Waals surface area contributed by atoms with E-state index in [4.69, 9.17) is 10.2 Å². The van der Waals surface area contributed by atoms with Crippen LogP contribution in [-0.4, -0.2) is 4.98 Å². The third-order valence-electron chi connectivity index (χ3n) is 2.90. The molecule has 0 spiro atoms. The molecule has 17 heavy (non-hydrogen) atoms. The van der Waals surface area contributed by atoms with Crippen molar-refractivity contribution in [2.75, 3.05) is 5.73 Å². The largest absolute Gasteiger partial charge is 0.436 e. The Labute approximate surface area is 98.9 Å². The van der Waals surface area contributed by atoms with Gasteiger partial charge in [-0.15, -0.1) is 0 Å². The molecule has 0 aliphatic rings. The molecule has 0 fully saturated rings. The minimum atomic E-state index is 0.621. The summed E-state index contributed by atoms with van der Waals surface area (Å²) >= 11 is 0. The lowest BCUT2D eigenvalue weighted by Crippen LogP contribution is -1.91. The summed E-state index contributed by atoms with van der Waals surface area (Å²) in [5.41, 5.74) is 10.2. The van der Waals surface area contributed by atoms with Crippen LogP contribution < -0.4 is 5.73 Å². The minimum Gasteiger partial charge on any atom is -0.436 e. The standard InChI is InChI=1S/C14H12N2O/c1-9-10(5-4-6-11(9)15)14-16-12-7-2-3-8-13(12)17-14/h2-8H,15H2,1H3. The van der Waals surface area contributed by atoms with E-state index in [1.807, 2.05) is 49.4 Å². The average molecular weight is 224 g/mol. The molecule has 3 rings (SSSR count). The number of nitrogen functional groups attached to an aromatic ring is 1. The Kier molecular flexibility index (Phi) is 2.11. The van der Waals surface area contributed by atoms with Crippen LogP contribution in [0.1, 0.15) is 5.56 Å².